The van der Waals surface area contributed by atoms with Gasteiger partial charge in [0.15, 0.2) is 11.5 Å². The molecule has 0 radical (unpaired) electrons. The number of rotatable bonds is 6. The van der Waals surface area contributed by atoms with Crippen molar-refractivity contribution in [3.8, 4) is 0 Å². The highest BCUT2D eigenvalue weighted by atomic mass is 35.5. The van der Waals surface area contributed by atoms with E-state index in [1.807, 2.05) is 0 Å². The van der Waals surface area contributed by atoms with Crippen molar-refractivity contribution in [1.29, 1.82) is 0 Å². The summed E-state index contributed by atoms with van der Waals surface area (Å²) in [4.78, 5) is 16.3. The maximum atomic E-state index is 13.4. The minimum Gasteiger partial charge on any atom is -0.381 e. The zero-order valence-corrected chi connectivity index (χ0v) is 16.9. The van der Waals surface area contributed by atoms with Gasteiger partial charge in [-0.25, -0.2) is 14.4 Å². The monoisotopic (exact) mass is 432 g/mol. The Labute approximate surface area is 177 Å². The molecule has 0 atom stereocenters. The number of benzene rings is 1. The lowest BCUT2D eigenvalue weighted by atomic mass is 9.97. The Hall–Kier alpha value is -2.75. The fourth-order valence-corrected chi connectivity index (χ4v) is 3.63. The molecule has 3 heterocycles. The average molecular weight is 433 g/mol. The van der Waals surface area contributed by atoms with Crippen LogP contribution in [0.25, 0.3) is 11.2 Å². The molecule has 1 fully saturated rings. The van der Waals surface area contributed by atoms with Crippen molar-refractivity contribution in [3.63, 3.8) is 0 Å². The molecule has 3 aromatic rings. The number of hydrogen-bond donors (Lipinski definition) is 4. The van der Waals surface area contributed by atoms with E-state index < -0.39 is 5.82 Å². The Bertz CT molecular complexity index is 1050. The average Bonchev–Trinajstić information content (AvgIpc) is 3.18. The predicted molar refractivity (Wildman–Crippen MR) is 113 cm³/mol. The molecule has 4 N–H and O–H groups in total. The third-order valence-corrected chi connectivity index (χ3v) is 5.37. The smallest absolute Gasteiger partial charge is 0.202 e. The van der Waals surface area contributed by atoms with E-state index in [2.05, 4.69) is 30.7 Å². The Balaban J connectivity index is 1.54. The summed E-state index contributed by atoms with van der Waals surface area (Å²) in [6.45, 7) is 2.45. The molecule has 0 spiro atoms. The molecule has 0 unspecified atom stereocenters. The number of hydrogen-bond acceptors (Lipinski definition) is 6. The highest BCUT2D eigenvalue weighted by Crippen LogP contribution is 2.24. The molecule has 1 aliphatic heterocycles. The van der Waals surface area contributed by atoms with Crippen molar-refractivity contribution in [3.05, 3.63) is 46.9 Å². The normalized spacial score (nSPS) is 15.5. The zero-order valence-electron chi connectivity index (χ0n) is 16.2. The summed E-state index contributed by atoms with van der Waals surface area (Å²) in [6.07, 6.45) is 4.79. The highest BCUT2D eigenvalue weighted by molar-refractivity contribution is 6.31. The van der Waals surface area contributed by atoms with Crippen LogP contribution in [0.4, 0.5) is 16.0 Å². The molecule has 10 heteroatoms. The van der Waals surface area contributed by atoms with Crippen LogP contribution in [0.15, 0.2) is 35.5 Å². The minimum absolute atomic E-state index is 0.0500. The number of pyridine rings is 1. The second-order valence-electron chi connectivity index (χ2n) is 7.08. The molecule has 0 saturated carbocycles. The van der Waals surface area contributed by atoms with E-state index in [4.69, 9.17) is 16.3 Å². The van der Waals surface area contributed by atoms with Crippen molar-refractivity contribution < 1.29 is 14.3 Å². The molecular formula is C20H22ClFN6O2. The van der Waals surface area contributed by atoms with Gasteiger partial charge in [-0.1, -0.05) is 11.6 Å². The van der Waals surface area contributed by atoms with Gasteiger partial charge in [0.2, 0.25) is 5.95 Å². The van der Waals surface area contributed by atoms with Crippen molar-refractivity contribution >= 4 is 40.2 Å². The molecule has 8 nitrogen and oxygen atoms in total. The quantitative estimate of drug-likeness (QED) is 0.266. The number of ether oxygens (including phenoxy) is 1. The Kier molecular flexibility index (Phi) is 6.41. The predicted octanol–water partition coefficient (Wildman–Crippen LogP) is 4.04. The van der Waals surface area contributed by atoms with Crippen LogP contribution in [-0.4, -0.2) is 45.8 Å². The fraction of sp³-hybridized carbons (Fsp3) is 0.350. The van der Waals surface area contributed by atoms with Gasteiger partial charge in [-0.15, -0.1) is 0 Å². The molecule has 0 bridgehead atoms. The molecule has 4 rings (SSSR count). The highest BCUT2D eigenvalue weighted by Gasteiger charge is 2.15. The molecular weight excluding hydrogens is 411 g/mol. The SMILES string of the molecule is ONC(=Nc1ccc(F)c(Cl)c1)c1ccnc2nc(NCCC3CCOCC3)[nH]c12. The standard InChI is InChI=1S/C20H22ClFN6O2/c21-15-11-13(1-2-16(15)22)25-18(28-29)14-4-8-23-19-17(14)26-20(27-19)24-7-3-12-5-9-30-10-6-12/h1-2,4,8,11-12,29H,3,5-7,9-10H2,(H,25,28)(H2,23,24,26,27). The van der Waals surface area contributed by atoms with Gasteiger partial charge in [-0.2, -0.15) is 4.98 Å². The third kappa shape index (κ3) is 4.69. The minimum atomic E-state index is -0.537. The summed E-state index contributed by atoms with van der Waals surface area (Å²) in [5, 5.41) is 12.9. The number of hydroxylamine groups is 1. The molecule has 2 aromatic heterocycles. The number of aromatic nitrogens is 3. The summed E-state index contributed by atoms with van der Waals surface area (Å²) in [7, 11) is 0. The Morgan fingerprint density at radius 1 is 1.33 bits per heavy atom. The number of halogens is 2. The van der Waals surface area contributed by atoms with Crippen LogP contribution in [0.2, 0.25) is 5.02 Å². The first-order valence-electron chi connectivity index (χ1n) is 9.74. The van der Waals surface area contributed by atoms with Gasteiger partial charge in [-0.3, -0.25) is 10.7 Å². The van der Waals surface area contributed by atoms with Gasteiger partial charge in [0.25, 0.3) is 0 Å². The van der Waals surface area contributed by atoms with Gasteiger partial charge in [-0.05, 0) is 49.4 Å². The molecule has 0 amide bonds. The van der Waals surface area contributed by atoms with Crippen molar-refractivity contribution in [2.24, 2.45) is 10.9 Å². The number of aliphatic imine (C=N–C) groups is 1. The first-order valence-corrected chi connectivity index (χ1v) is 10.1. The topological polar surface area (TPSA) is 107 Å². The maximum Gasteiger partial charge on any atom is 0.202 e. The van der Waals surface area contributed by atoms with Crippen molar-refractivity contribution in [1.82, 2.24) is 20.4 Å². The Morgan fingerprint density at radius 3 is 2.93 bits per heavy atom. The van der Waals surface area contributed by atoms with Crippen LogP contribution < -0.4 is 10.8 Å². The van der Waals surface area contributed by atoms with Crippen LogP contribution in [0.3, 0.4) is 0 Å². The number of anilines is 1. The number of nitrogens with one attached hydrogen (secondary N) is 3. The van der Waals surface area contributed by atoms with E-state index >= 15 is 0 Å². The second-order valence-corrected chi connectivity index (χ2v) is 7.49. The number of aromatic amines is 1. The van der Waals surface area contributed by atoms with E-state index in [0.29, 0.717) is 34.3 Å². The molecule has 30 heavy (non-hydrogen) atoms. The van der Waals surface area contributed by atoms with Crippen LogP contribution in [0, 0.1) is 11.7 Å². The Morgan fingerprint density at radius 2 is 2.17 bits per heavy atom. The zero-order chi connectivity index (χ0) is 20.9. The van der Waals surface area contributed by atoms with Crippen LogP contribution in [0.5, 0.6) is 0 Å². The van der Waals surface area contributed by atoms with Gasteiger partial charge in [0, 0.05) is 31.5 Å². The summed E-state index contributed by atoms with van der Waals surface area (Å²) in [5.41, 5.74) is 4.14. The van der Waals surface area contributed by atoms with Gasteiger partial charge in [0.05, 0.1) is 16.2 Å². The van der Waals surface area contributed by atoms with Gasteiger partial charge in [0.1, 0.15) is 5.82 Å². The van der Waals surface area contributed by atoms with E-state index in [1.165, 1.54) is 18.2 Å². The summed E-state index contributed by atoms with van der Waals surface area (Å²) >= 11 is 5.82. The van der Waals surface area contributed by atoms with Crippen LogP contribution in [0.1, 0.15) is 24.8 Å². The van der Waals surface area contributed by atoms with Crippen molar-refractivity contribution in [2.45, 2.75) is 19.3 Å². The van der Waals surface area contributed by atoms with E-state index in [1.54, 1.807) is 12.3 Å². The van der Waals surface area contributed by atoms with Gasteiger partial charge < -0.3 is 15.0 Å². The van der Waals surface area contributed by atoms with E-state index in [-0.39, 0.29) is 10.9 Å². The lowest BCUT2D eigenvalue weighted by molar-refractivity contribution is 0.0649. The summed E-state index contributed by atoms with van der Waals surface area (Å²) in [6, 6.07) is 5.75. The van der Waals surface area contributed by atoms with E-state index in [9.17, 15) is 9.60 Å². The lowest BCUT2D eigenvalue weighted by Crippen LogP contribution is -2.20. The first-order chi connectivity index (χ1) is 14.6. The molecule has 158 valence electrons. The number of imidazole rings is 1. The number of fused-ring (bicyclic) bond motifs is 1. The molecule has 1 aromatic carbocycles. The molecule has 1 saturated heterocycles. The van der Waals surface area contributed by atoms with Gasteiger partial charge >= 0.3 is 0 Å². The number of amidine groups is 1. The second kappa shape index (κ2) is 9.38. The largest absolute Gasteiger partial charge is 0.381 e. The first kappa shape index (κ1) is 20.5. The summed E-state index contributed by atoms with van der Waals surface area (Å²) in [5.74, 6) is 0.872. The number of nitrogens with zero attached hydrogens (tertiary/aromatic N) is 3. The van der Waals surface area contributed by atoms with Crippen LogP contribution in [-0.2, 0) is 4.74 Å². The fourth-order valence-electron chi connectivity index (χ4n) is 3.45. The summed E-state index contributed by atoms with van der Waals surface area (Å²) < 4.78 is 18.8. The van der Waals surface area contributed by atoms with Crippen LogP contribution >= 0.6 is 11.6 Å². The third-order valence-electron chi connectivity index (χ3n) is 5.08. The maximum absolute atomic E-state index is 13.4. The molecule has 0 aliphatic carbocycles. The lowest BCUT2D eigenvalue weighted by Gasteiger charge is -2.21. The number of H-pyrrole nitrogens is 1. The molecule has 1 aliphatic rings. The van der Waals surface area contributed by atoms with E-state index in [0.717, 1.165) is 39.0 Å². The van der Waals surface area contributed by atoms with Crippen molar-refractivity contribution in [2.75, 3.05) is 25.1 Å².